The number of allylic oxidation sites excluding steroid dienone is 4. The van der Waals surface area contributed by atoms with E-state index in [1.54, 1.807) is 12.2 Å². The number of rotatable bonds is 6. The molecule has 0 spiro atoms. The number of carboxylic acid groups (broad SMARTS) is 1. The zero-order valence-electron chi connectivity index (χ0n) is 20.0. The molecule has 3 fully saturated rings. The van der Waals surface area contributed by atoms with Gasteiger partial charge in [0.2, 0.25) is 5.78 Å². The summed E-state index contributed by atoms with van der Waals surface area (Å²) in [6.45, 7) is 3.26. The zero-order valence-corrected chi connectivity index (χ0v) is 22.0. The monoisotopic (exact) mass is 482 g/mol. The molecule has 0 aromatic rings. The molecular weight excluding hydrogens is 451 g/mol. The molecule has 0 unspecified atom stereocenters. The van der Waals surface area contributed by atoms with Crippen molar-refractivity contribution in [3.8, 4) is 0 Å². The molecule has 0 heterocycles. The molecule has 0 aliphatic heterocycles. The van der Waals surface area contributed by atoms with Crippen molar-refractivity contribution in [1.82, 2.24) is 0 Å². The Morgan fingerprint density at radius 3 is 2.59 bits per heavy atom. The van der Waals surface area contributed by atoms with Gasteiger partial charge in [-0.25, -0.2) is 0 Å². The van der Waals surface area contributed by atoms with Crippen LogP contribution in [-0.2, 0) is 23.9 Å². The molecule has 0 amide bonds. The van der Waals surface area contributed by atoms with E-state index < -0.39 is 59.7 Å². The quantitative estimate of drug-likeness (QED) is 0.317. The van der Waals surface area contributed by atoms with Crippen LogP contribution >= 0.6 is 0 Å². The molecule has 180 valence electrons. The maximum Gasteiger partial charge on any atom is 1.00 e. The second-order valence-corrected chi connectivity index (χ2v) is 10.6. The molecule has 4 rings (SSSR count). The molecule has 0 aromatic heterocycles. The number of Topliss-reactive ketones (excluding diaryl/α,β-unsaturated/α-hetero) is 1. The number of carboxylic acids is 1. The molecule has 4 aliphatic carbocycles. The predicted octanol–water partition coefficient (Wildman–Crippen LogP) is -2.36. The number of carbonyl (C=O) groups is 4. The van der Waals surface area contributed by atoms with E-state index in [2.05, 4.69) is 6.92 Å². The molecule has 0 saturated heterocycles. The van der Waals surface area contributed by atoms with Crippen LogP contribution in [-0.4, -0.2) is 52.0 Å². The maximum atomic E-state index is 13.1. The second kappa shape index (κ2) is 9.62. The van der Waals surface area contributed by atoms with Crippen molar-refractivity contribution in [2.45, 2.75) is 70.5 Å². The molecule has 9 heteroatoms. The summed E-state index contributed by atoms with van der Waals surface area (Å²) in [5.74, 6) is -2.91. The summed E-state index contributed by atoms with van der Waals surface area (Å²) in [6.07, 6.45) is 6.04. The largest absolute Gasteiger partial charge is 1.00 e. The van der Waals surface area contributed by atoms with Gasteiger partial charge in [0.1, 0.15) is 5.60 Å². The zero-order chi connectivity index (χ0) is 24.2. The number of ether oxygens (including phenoxy) is 1. The van der Waals surface area contributed by atoms with Crippen molar-refractivity contribution in [3.05, 3.63) is 23.8 Å². The van der Waals surface area contributed by atoms with E-state index in [0.717, 1.165) is 18.4 Å². The molecule has 0 radical (unpaired) electrons. The molecule has 7 atom stereocenters. The second-order valence-electron chi connectivity index (χ2n) is 10.6. The summed E-state index contributed by atoms with van der Waals surface area (Å²) >= 11 is 0. The topological polar surface area (TPSA) is 141 Å². The fourth-order valence-corrected chi connectivity index (χ4v) is 7.33. The van der Waals surface area contributed by atoms with Gasteiger partial charge in [-0.2, -0.15) is 0 Å². The van der Waals surface area contributed by atoms with Crippen LogP contribution < -0.4 is 34.7 Å². The van der Waals surface area contributed by atoms with Gasteiger partial charge < -0.3 is 24.9 Å². The van der Waals surface area contributed by atoms with Crippen molar-refractivity contribution < 1.29 is 68.8 Å². The minimum Gasteiger partial charge on any atom is -0.550 e. The molecule has 4 aliphatic rings. The third kappa shape index (κ3) is 4.26. The number of esters is 1. The summed E-state index contributed by atoms with van der Waals surface area (Å²) in [7, 11) is 0. The number of aliphatic carboxylic acids is 1. The average molecular weight is 483 g/mol. The summed E-state index contributed by atoms with van der Waals surface area (Å²) in [6, 6.07) is 0. The van der Waals surface area contributed by atoms with Crippen LogP contribution in [0.25, 0.3) is 0 Å². The molecule has 2 N–H and O–H groups in total. The number of fused-ring (bicyclic) bond motifs is 5. The fraction of sp³-hybridized carbons (Fsp3) is 0.680. The first-order chi connectivity index (χ1) is 15.4. The van der Waals surface area contributed by atoms with E-state index in [4.69, 9.17) is 4.74 Å². The number of carbonyl (C=O) groups excluding carboxylic acids is 4. The first kappa shape index (κ1) is 27.3. The Balaban J connectivity index is 0.00000324. The molecule has 0 bridgehead atoms. The Kier molecular flexibility index (Phi) is 7.71. The molecule has 0 aromatic carbocycles. The number of aliphatic hydroxyl groups excluding tert-OH is 1. The number of hydrogen-bond acceptors (Lipinski definition) is 8. The van der Waals surface area contributed by atoms with Gasteiger partial charge in [-0.3, -0.25) is 14.4 Å². The number of ketones is 2. The van der Waals surface area contributed by atoms with Crippen LogP contribution in [0.4, 0.5) is 0 Å². The van der Waals surface area contributed by atoms with Crippen molar-refractivity contribution in [2.75, 3.05) is 6.61 Å². The van der Waals surface area contributed by atoms with Crippen LogP contribution in [0.5, 0.6) is 0 Å². The minimum atomic E-state index is -1.74. The van der Waals surface area contributed by atoms with E-state index in [-0.39, 0.29) is 65.9 Å². The smallest absolute Gasteiger partial charge is 0.550 e. The van der Waals surface area contributed by atoms with E-state index in [9.17, 15) is 34.5 Å². The summed E-state index contributed by atoms with van der Waals surface area (Å²) in [4.78, 5) is 47.2. The van der Waals surface area contributed by atoms with Crippen LogP contribution in [0.15, 0.2) is 23.8 Å². The van der Waals surface area contributed by atoms with Crippen molar-refractivity contribution in [1.29, 1.82) is 0 Å². The molecule has 8 nitrogen and oxygen atoms in total. The maximum absolute atomic E-state index is 13.1. The first-order valence-electron chi connectivity index (χ1n) is 11.7. The van der Waals surface area contributed by atoms with Gasteiger partial charge in [-0.05, 0) is 62.5 Å². The van der Waals surface area contributed by atoms with Crippen molar-refractivity contribution >= 4 is 23.5 Å². The fourth-order valence-electron chi connectivity index (χ4n) is 7.33. The van der Waals surface area contributed by atoms with Crippen LogP contribution in [0, 0.1) is 28.6 Å². The Morgan fingerprint density at radius 1 is 1.21 bits per heavy atom. The Hall–Kier alpha value is -1.32. The van der Waals surface area contributed by atoms with Gasteiger partial charge in [0.05, 0.1) is 12.5 Å². The normalized spacial score (nSPS) is 40.2. The molecule has 34 heavy (non-hydrogen) atoms. The van der Waals surface area contributed by atoms with Gasteiger partial charge in [0, 0.05) is 22.7 Å². The standard InChI is InChI=1S/C25H32O8.Na/c1-23-9-7-15(26)11-14(23)3-4-16-17-8-10-25(32,24(17,2)12-18(27)22(16)23)19(28)13-33-21(31)6-5-20(29)30;/h7,9,11,16-18,22,27,32H,3-6,8,10,12-13H2,1-2H3,(H,29,30);/q;+1/p-1/t16-,17-,18-,22+,23-,24-,25-;/m0./s1. The molecular formula is C25H31NaO8. The van der Waals surface area contributed by atoms with Gasteiger partial charge in [0.25, 0.3) is 0 Å². The summed E-state index contributed by atoms with van der Waals surface area (Å²) < 4.78 is 4.94. The van der Waals surface area contributed by atoms with Crippen LogP contribution in [0.2, 0.25) is 0 Å². The third-order valence-corrected chi connectivity index (χ3v) is 9.01. The van der Waals surface area contributed by atoms with Crippen LogP contribution in [0.3, 0.4) is 0 Å². The van der Waals surface area contributed by atoms with Gasteiger partial charge in [-0.1, -0.05) is 25.5 Å². The number of hydrogen-bond donors (Lipinski definition) is 2. The van der Waals surface area contributed by atoms with Crippen molar-refractivity contribution in [3.63, 3.8) is 0 Å². The Morgan fingerprint density at radius 2 is 1.91 bits per heavy atom. The van der Waals surface area contributed by atoms with Gasteiger partial charge >= 0.3 is 35.5 Å². The van der Waals surface area contributed by atoms with E-state index in [0.29, 0.717) is 6.42 Å². The van der Waals surface area contributed by atoms with E-state index in [1.807, 2.05) is 13.0 Å². The SMILES string of the molecule is C[C@]12C=CC(=O)C=C1CC[C@@H]1[C@@H]2[C@@H](O)C[C@@]2(C)[C@H]1CC[C@]2(O)C(=O)COC(=O)CCC(=O)[O-].[Na+]. The van der Waals surface area contributed by atoms with Crippen molar-refractivity contribution in [2.24, 2.45) is 28.6 Å². The Bertz CT molecular complexity index is 957. The summed E-state index contributed by atoms with van der Waals surface area (Å²) in [5.41, 5.74) is -2.02. The first-order valence-corrected chi connectivity index (χ1v) is 11.7. The number of aliphatic hydroxyl groups is 2. The predicted molar refractivity (Wildman–Crippen MR) is 113 cm³/mol. The van der Waals surface area contributed by atoms with Gasteiger partial charge in [0.15, 0.2) is 12.4 Å². The minimum absolute atomic E-state index is 0. The van der Waals surface area contributed by atoms with Gasteiger partial charge in [-0.15, -0.1) is 0 Å². The van der Waals surface area contributed by atoms with E-state index >= 15 is 0 Å². The van der Waals surface area contributed by atoms with Crippen LogP contribution in [0.1, 0.15) is 58.8 Å². The Labute approximate surface area is 221 Å². The van der Waals surface area contributed by atoms with E-state index in [1.165, 1.54) is 0 Å². The molecule has 3 saturated carbocycles. The summed E-state index contributed by atoms with van der Waals surface area (Å²) in [5, 5.41) is 33.4. The third-order valence-electron chi connectivity index (χ3n) is 9.01. The average Bonchev–Trinajstić information content (AvgIpc) is 3.02.